The van der Waals surface area contributed by atoms with Gasteiger partial charge in [0.25, 0.3) is 0 Å². The standard InChI is InChI=1S/C10H10F3N3S2/c1-5-3-7(17-6(5)2)4-14-9-16-15-8(18-9)10(11,12)13/h3H,4H2,1-2H3,(H,14,16). The second kappa shape index (κ2) is 4.85. The Balaban J connectivity index is 2.00. The van der Waals surface area contributed by atoms with Crippen LogP contribution in [0.3, 0.4) is 0 Å². The lowest BCUT2D eigenvalue weighted by Gasteiger charge is -1.99. The van der Waals surface area contributed by atoms with Crippen LogP contribution < -0.4 is 5.32 Å². The van der Waals surface area contributed by atoms with Crippen LogP contribution in [0.5, 0.6) is 0 Å². The summed E-state index contributed by atoms with van der Waals surface area (Å²) in [6, 6.07) is 2.01. The van der Waals surface area contributed by atoms with E-state index in [1.807, 2.05) is 19.9 Å². The molecular formula is C10H10F3N3S2. The van der Waals surface area contributed by atoms with E-state index in [-0.39, 0.29) is 5.13 Å². The van der Waals surface area contributed by atoms with Crippen LogP contribution in [0, 0.1) is 13.8 Å². The Bertz CT molecular complexity index is 525. The van der Waals surface area contributed by atoms with Crippen molar-refractivity contribution in [2.45, 2.75) is 26.6 Å². The minimum atomic E-state index is -4.42. The molecule has 2 rings (SSSR count). The van der Waals surface area contributed by atoms with Gasteiger partial charge < -0.3 is 5.32 Å². The third-order valence-corrected chi connectivity index (χ3v) is 4.38. The van der Waals surface area contributed by atoms with E-state index in [0.29, 0.717) is 17.9 Å². The number of nitrogens with one attached hydrogen (secondary N) is 1. The molecule has 0 unspecified atom stereocenters. The summed E-state index contributed by atoms with van der Waals surface area (Å²) in [6.45, 7) is 4.48. The first-order valence-corrected chi connectivity index (χ1v) is 6.70. The van der Waals surface area contributed by atoms with Crippen LogP contribution in [-0.2, 0) is 12.7 Å². The zero-order valence-corrected chi connectivity index (χ0v) is 11.3. The Labute approximate surface area is 110 Å². The quantitative estimate of drug-likeness (QED) is 0.934. The van der Waals surface area contributed by atoms with E-state index in [9.17, 15) is 13.2 Å². The van der Waals surface area contributed by atoms with Gasteiger partial charge in [0.05, 0.1) is 6.54 Å². The lowest BCUT2D eigenvalue weighted by atomic mass is 10.3. The third kappa shape index (κ3) is 2.99. The first kappa shape index (κ1) is 13.3. The van der Waals surface area contributed by atoms with Crippen molar-refractivity contribution >= 4 is 27.8 Å². The number of aromatic nitrogens is 2. The zero-order chi connectivity index (χ0) is 13.3. The summed E-state index contributed by atoms with van der Waals surface area (Å²) in [5.41, 5.74) is 1.19. The molecule has 0 bridgehead atoms. The van der Waals surface area contributed by atoms with Crippen molar-refractivity contribution in [3.63, 3.8) is 0 Å². The predicted octanol–water partition coefficient (Wildman–Crippen LogP) is 3.85. The molecule has 3 nitrogen and oxygen atoms in total. The molecule has 1 N–H and O–H groups in total. The van der Waals surface area contributed by atoms with E-state index >= 15 is 0 Å². The highest BCUT2D eigenvalue weighted by atomic mass is 32.1. The van der Waals surface area contributed by atoms with E-state index < -0.39 is 11.2 Å². The maximum Gasteiger partial charge on any atom is 0.445 e. The van der Waals surface area contributed by atoms with E-state index in [4.69, 9.17) is 0 Å². The van der Waals surface area contributed by atoms with Crippen molar-refractivity contribution in [1.82, 2.24) is 10.2 Å². The smallest absolute Gasteiger partial charge is 0.355 e. The van der Waals surface area contributed by atoms with Crippen molar-refractivity contribution in [2.75, 3.05) is 5.32 Å². The number of hydrogen-bond donors (Lipinski definition) is 1. The molecule has 0 saturated carbocycles. The van der Waals surface area contributed by atoms with Crippen LogP contribution >= 0.6 is 22.7 Å². The molecule has 0 saturated heterocycles. The van der Waals surface area contributed by atoms with Crippen molar-refractivity contribution in [1.29, 1.82) is 0 Å². The van der Waals surface area contributed by atoms with Gasteiger partial charge in [0, 0.05) is 9.75 Å². The molecule has 0 aliphatic carbocycles. The van der Waals surface area contributed by atoms with Gasteiger partial charge in [-0.2, -0.15) is 13.2 Å². The Morgan fingerprint density at radius 2 is 1.94 bits per heavy atom. The average Bonchev–Trinajstić information content (AvgIpc) is 2.83. The van der Waals surface area contributed by atoms with E-state index in [1.54, 1.807) is 11.3 Å². The highest BCUT2D eigenvalue weighted by Gasteiger charge is 2.35. The van der Waals surface area contributed by atoms with Gasteiger partial charge in [-0.15, -0.1) is 21.5 Å². The van der Waals surface area contributed by atoms with Gasteiger partial charge in [0.2, 0.25) is 10.1 Å². The third-order valence-electron chi connectivity index (χ3n) is 2.30. The lowest BCUT2D eigenvalue weighted by molar-refractivity contribution is -0.138. The summed E-state index contributed by atoms with van der Waals surface area (Å²) in [6.07, 6.45) is -4.42. The largest absolute Gasteiger partial charge is 0.445 e. The van der Waals surface area contributed by atoms with Crippen molar-refractivity contribution in [2.24, 2.45) is 0 Å². The molecule has 0 spiro atoms. The normalized spacial score (nSPS) is 11.8. The van der Waals surface area contributed by atoms with Crippen molar-refractivity contribution in [3.05, 3.63) is 26.4 Å². The maximum atomic E-state index is 12.3. The second-order valence-corrected chi connectivity index (χ2v) is 6.03. The SMILES string of the molecule is Cc1cc(CNc2nnc(C(F)(F)F)s2)sc1C. The van der Waals surface area contributed by atoms with Crippen LogP contribution in [0.25, 0.3) is 0 Å². The minimum Gasteiger partial charge on any atom is -0.355 e. The molecular weight excluding hydrogens is 283 g/mol. The highest BCUT2D eigenvalue weighted by molar-refractivity contribution is 7.15. The number of anilines is 1. The fourth-order valence-electron chi connectivity index (χ4n) is 1.31. The zero-order valence-electron chi connectivity index (χ0n) is 9.63. The van der Waals surface area contributed by atoms with Gasteiger partial charge in [-0.05, 0) is 25.5 Å². The molecule has 2 aromatic heterocycles. The predicted molar refractivity (Wildman–Crippen MR) is 66.0 cm³/mol. The Kier molecular flexibility index (Phi) is 3.58. The second-order valence-electron chi connectivity index (χ2n) is 3.72. The summed E-state index contributed by atoms with van der Waals surface area (Å²) in [5, 5.41) is 8.68. The van der Waals surface area contributed by atoms with Gasteiger partial charge >= 0.3 is 6.18 Å². The molecule has 2 heterocycles. The summed E-state index contributed by atoms with van der Waals surface area (Å²) < 4.78 is 36.9. The average molecular weight is 293 g/mol. The Morgan fingerprint density at radius 3 is 2.44 bits per heavy atom. The van der Waals surface area contributed by atoms with Crippen molar-refractivity contribution in [3.8, 4) is 0 Å². The van der Waals surface area contributed by atoms with Crippen molar-refractivity contribution < 1.29 is 13.2 Å². The van der Waals surface area contributed by atoms with Gasteiger partial charge in [-0.1, -0.05) is 11.3 Å². The lowest BCUT2D eigenvalue weighted by Crippen LogP contribution is -2.03. The molecule has 2 aromatic rings. The molecule has 8 heteroatoms. The van der Waals surface area contributed by atoms with Crippen LogP contribution in [0.4, 0.5) is 18.3 Å². The van der Waals surface area contributed by atoms with E-state index in [1.165, 1.54) is 10.4 Å². The number of rotatable bonds is 3. The van der Waals surface area contributed by atoms with Crippen LogP contribution in [0.15, 0.2) is 6.07 Å². The fraction of sp³-hybridized carbons (Fsp3) is 0.400. The van der Waals surface area contributed by atoms with Gasteiger partial charge in [0.1, 0.15) is 0 Å². The topological polar surface area (TPSA) is 37.8 Å². The summed E-state index contributed by atoms with van der Waals surface area (Å²) >= 11 is 2.13. The van der Waals surface area contributed by atoms with Crippen LogP contribution in [-0.4, -0.2) is 10.2 Å². The fourth-order valence-corrected chi connectivity index (χ4v) is 2.91. The molecule has 0 aromatic carbocycles. The van der Waals surface area contributed by atoms with Crippen LogP contribution in [0.2, 0.25) is 0 Å². The van der Waals surface area contributed by atoms with Gasteiger partial charge in [-0.25, -0.2) is 0 Å². The van der Waals surface area contributed by atoms with E-state index in [2.05, 4.69) is 15.5 Å². The monoisotopic (exact) mass is 293 g/mol. The molecule has 0 fully saturated rings. The molecule has 0 aliphatic heterocycles. The summed E-state index contributed by atoms with van der Waals surface area (Å²) in [4.78, 5) is 2.27. The maximum absolute atomic E-state index is 12.3. The molecule has 18 heavy (non-hydrogen) atoms. The number of alkyl halides is 3. The summed E-state index contributed by atoms with van der Waals surface area (Å²) in [5.74, 6) is 0. The molecule has 0 atom stereocenters. The number of nitrogens with zero attached hydrogens (tertiary/aromatic N) is 2. The first-order chi connectivity index (χ1) is 8.36. The summed E-state index contributed by atoms with van der Waals surface area (Å²) in [7, 11) is 0. The minimum absolute atomic E-state index is 0.186. The molecule has 0 radical (unpaired) electrons. The molecule has 98 valence electrons. The van der Waals surface area contributed by atoms with Gasteiger partial charge in [0.15, 0.2) is 0 Å². The highest BCUT2D eigenvalue weighted by Crippen LogP contribution is 2.33. The number of aryl methyl sites for hydroxylation is 2. The Morgan fingerprint density at radius 1 is 1.22 bits per heavy atom. The number of halogens is 3. The molecule has 0 amide bonds. The molecule has 0 aliphatic rings. The van der Waals surface area contributed by atoms with E-state index in [0.717, 1.165) is 4.88 Å². The number of thiophene rings is 1. The number of hydrogen-bond acceptors (Lipinski definition) is 5. The van der Waals surface area contributed by atoms with Crippen LogP contribution in [0.1, 0.15) is 20.3 Å². The first-order valence-electron chi connectivity index (χ1n) is 5.07. The Hall–Kier alpha value is -1.15. The van der Waals surface area contributed by atoms with Gasteiger partial charge in [-0.3, -0.25) is 0 Å².